The van der Waals surface area contributed by atoms with Crippen molar-refractivity contribution in [3.8, 4) is 16.9 Å². The van der Waals surface area contributed by atoms with Gasteiger partial charge in [-0.1, -0.05) is 24.3 Å². The Morgan fingerprint density at radius 2 is 1.93 bits per heavy atom. The molecule has 0 saturated heterocycles. The molecule has 1 aliphatic heterocycles. The van der Waals surface area contributed by atoms with E-state index in [-0.39, 0.29) is 5.91 Å². The minimum absolute atomic E-state index is 0.277. The lowest BCUT2D eigenvalue weighted by Crippen LogP contribution is -2.18. The minimum Gasteiger partial charge on any atom is -0.491 e. The molecule has 6 heteroatoms. The molecule has 0 saturated carbocycles. The van der Waals surface area contributed by atoms with E-state index >= 15 is 0 Å². The van der Waals surface area contributed by atoms with Crippen molar-refractivity contribution in [1.29, 1.82) is 0 Å². The van der Waals surface area contributed by atoms with Crippen molar-refractivity contribution in [3.05, 3.63) is 72.1 Å². The molecule has 1 amide bonds. The first-order chi connectivity index (χ1) is 14.0. The first-order valence-electron chi connectivity index (χ1n) is 9.51. The van der Waals surface area contributed by atoms with Crippen LogP contribution in [0.2, 0.25) is 0 Å². The first kappa shape index (κ1) is 19.0. The second kappa shape index (κ2) is 7.93. The number of anilines is 2. The summed E-state index contributed by atoms with van der Waals surface area (Å²) in [6.45, 7) is 0.418. The smallest absolute Gasteiger partial charge is 0.257 e. The number of hydrogen-bond donors (Lipinski definition) is 2. The van der Waals surface area contributed by atoms with Crippen LogP contribution in [0, 0.1) is 0 Å². The standard InChI is InChI=1S/C23H23N3O3/c1-26(2)18-8-6-15(7-9-18)16-12-17(14-24-13-16)23(28)25-20-5-3-4-19-21(27)10-11-29-22(19)20/h3-9,12-14,21,27H,10-11H2,1-2H3,(H,25,28). The van der Waals surface area contributed by atoms with E-state index in [0.717, 1.165) is 16.8 Å². The zero-order valence-corrected chi connectivity index (χ0v) is 16.4. The van der Waals surface area contributed by atoms with Crippen LogP contribution in [-0.2, 0) is 0 Å². The van der Waals surface area contributed by atoms with Crippen LogP contribution in [-0.4, -0.2) is 36.7 Å². The van der Waals surface area contributed by atoms with Gasteiger partial charge in [0.1, 0.15) is 5.75 Å². The van der Waals surface area contributed by atoms with Crippen LogP contribution in [0.4, 0.5) is 11.4 Å². The van der Waals surface area contributed by atoms with Gasteiger partial charge in [-0.2, -0.15) is 0 Å². The minimum atomic E-state index is -0.578. The Morgan fingerprint density at radius 3 is 2.69 bits per heavy atom. The number of hydrogen-bond acceptors (Lipinski definition) is 5. The van der Waals surface area contributed by atoms with E-state index in [1.165, 1.54) is 6.20 Å². The summed E-state index contributed by atoms with van der Waals surface area (Å²) in [5.74, 6) is 0.254. The Kier molecular flexibility index (Phi) is 5.18. The maximum Gasteiger partial charge on any atom is 0.257 e. The number of carbonyl (C=O) groups excluding carboxylic acids is 1. The number of nitrogens with one attached hydrogen (secondary N) is 1. The molecule has 2 heterocycles. The number of rotatable bonds is 4. The zero-order valence-electron chi connectivity index (χ0n) is 16.4. The number of aliphatic hydroxyl groups is 1. The van der Waals surface area contributed by atoms with Crippen molar-refractivity contribution in [1.82, 2.24) is 4.98 Å². The third kappa shape index (κ3) is 3.93. The third-order valence-corrected chi connectivity index (χ3v) is 5.01. The first-order valence-corrected chi connectivity index (χ1v) is 9.51. The Hall–Kier alpha value is -3.38. The van der Waals surface area contributed by atoms with Crippen LogP contribution in [0.15, 0.2) is 60.9 Å². The highest BCUT2D eigenvalue weighted by atomic mass is 16.5. The molecule has 6 nitrogen and oxygen atoms in total. The van der Waals surface area contributed by atoms with Gasteiger partial charge in [-0.3, -0.25) is 9.78 Å². The molecular weight excluding hydrogens is 366 g/mol. The van der Waals surface area contributed by atoms with Crippen LogP contribution in [0.3, 0.4) is 0 Å². The quantitative estimate of drug-likeness (QED) is 0.708. The molecule has 0 fully saturated rings. The van der Waals surface area contributed by atoms with Gasteiger partial charge in [0, 0.05) is 49.7 Å². The summed E-state index contributed by atoms with van der Waals surface area (Å²) in [4.78, 5) is 19.1. The van der Waals surface area contributed by atoms with E-state index in [4.69, 9.17) is 4.74 Å². The summed E-state index contributed by atoms with van der Waals surface area (Å²) in [5.41, 5.74) is 4.65. The molecule has 1 atom stereocenters. The van der Waals surface area contributed by atoms with Crippen LogP contribution in [0.1, 0.15) is 28.4 Å². The van der Waals surface area contributed by atoms with Gasteiger partial charge in [0.15, 0.2) is 0 Å². The topological polar surface area (TPSA) is 74.7 Å². The summed E-state index contributed by atoms with van der Waals surface area (Å²) < 4.78 is 5.69. The monoisotopic (exact) mass is 389 g/mol. The molecule has 148 valence electrons. The van der Waals surface area contributed by atoms with Gasteiger partial charge in [-0.25, -0.2) is 0 Å². The number of para-hydroxylation sites is 1. The van der Waals surface area contributed by atoms with E-state index in [2.05, 4.69) is 10.3 Å². The Labute approximate surface area is 169 Å². The normalized spacial score (nSPS) is 15.2. The number of benzene rings is 2. The number of pyridine rings is 1. The highest BCUT2D eigenvalue weighted by Gasteiger charge is 2.22. The molecular formula is C23H23N3O3. The van der Waals surface area contributed by atoms with Gasteiger partial charge in [-0.05, 0) is 29.8 Å². The molecule has 3 aromatic rings. The average Bonchev–Trinajstić information content (AvgIpc) is 2.74. The lowest BCUT2D eigenvalue weighted by molar-refractivity contribution is 0.102. The largest absolute Gasteiger partial charge is 0.491 e. The Balaban J connectivity index is 1.58. The van der Waals surface area contributed by atoms with E-state index in [9.17, 15) is 9.90 Å². The van der Waals surface area contributed by atoms with Crippen LogP contribution < -0.4 is 15.0 Å². The van der Waals surface area contributed by atoms with Crippen LogP contribution in [0.5, 0.6) is 5.75 Å². The molecule has 2 aromatic carbocycles. The van der Waals surface area contributed by atoms with Crippen molar-refractivity contribution >= 4 is 17.3 Å². The van der Waals surface area contributed by atoms with Crippen molar-refractivity contribution in [2.24, 2.45) is 0 Å². The molecule has 2 N–H and O–H groups in total. The molecule has 0 spiro atoms. The number of amides is 1. The fourth-order valence-corrected chi connectivity index (χ4v) is 3.37. The predicted molar refractivity (Wildman–Crippen MR) is 113 cm³/mol. The number of aromatic nitrogens is 1. The van der Waals surface area contributed by atoms with E-state index < -0.39 is 6.10 Å². The van der Waals surface area contributed by atoms with Crippen molar-refractivity contribution in [3.63, 3.8) is 0 Å². The zero-order chi connectivity index (χ0) is 20.4. The predicted octanol–water partition coefficient (Wildman–Crippen LogP) is 3.88. The van der Waals surface area contributed by atoms with Crippen molar-refractivity contribution in [2.45, 2.75) is 12.5 Å². The van der Waals surface area contributed by atoms with Crippen LogP contribution >= 0.6 is 0 Å². The van der Waals surface area contributed by atoms with Crippen molar-refractivity contribution < 1.29 is 14.6 Å². The Bertz CT molecular complexity index is 1030. The average molecular weight is 389 g/mol. The fraction of sp³-hybridized carbons (Fsp3) is 0.217. The summed E-state index contributed by atoms with van der Waals surface area (Å²) in [5, 5.41) is 13.0. The lowest BCUT2D eigenvalue weighted by atomic mass is 10.0. The molecule has 0 aliphatic carbocycles. The lowest BCUT2D eigenvalue weighted by Gasteiger charge is -2.24. The fourth-order valence-electron chi connectivity index (χ4n) is 3.37. The van der Waals surface area contributed by atoms with Gasteiger partial charge in [0.05, 0.1) is 24.0 Å². The van der Waals surface area contributed by atoms with Crippen LogP contribution in [0.25, 0.3) is 11.1 Å². The molecule has 0 radical (unpaired) electrons. The number of fused-ring (bicyclic) bond motifs is 1. The summed E-state index contributed by atoms with van der Waals surface area (Å²) >= 11 is 0. The third-order valence-electron chi connectivity index (χ3n) is 5.01. The summed E-state index contributed by atoms with van der Waals surface area (Å²) in [6, 6.07) is 15.3. The summed E-state index contributed by atoms with van der Waals surface area (Å²) in [6.07, 6.45) is 3.25. The van der Waals surface area contributed by atoms with E-state index in [1.54, 1.807) is 18.3 Å². The molecule has 29 heavy (non-hydrogen) atoms. The highest BCUT2D eigenvalue weighted by Crippen LogP contribution is 2.38. The second-order valence-electron chi connectivity index (χ2n) is 7.23. The van der Waals surface area contributed by atoms with Gasteiger partial charge in [0.2, 0.25) is 0 Å². The van der Waals surface area contributed by atoms with Gasteiger partial charge in [0.25, 0.3) is 5.91 Å². The van der Waals surface area contributed by atoms with E-state index in [1.807, 2.05) is 55.4 Å². The number of ether oxygens (including phenoxy) is 1. The van der Waals surface area contributed by atoms with Gasteiger partial charge < -0.3 is 20.1 Å². The summed E-state index contributed by atoms with van der Waals surface area (Å²) in [7, 11) is 3.99. The molecule has 1 aliphatic rings. The van der Waals surface area contributed by atoms with E-state index in [0.29, 0.717) is 35.6 Å². The molecule has 0 bridgehead atoms. The number of nitrogens with zero attached hydrogens (tertiary/aromatic N) is 2. The molecule has 4 rings (SSSR count). The second-order valence-corrected chi connectivity index (χ2v) is 7.23. The Morgan fingerprint density at radius 1 is 1.14 bits per heavy atom. The maximum atomic E-state index is 12.8. The number of carbonyl (C=O) groups is 1. The number of aliphatic hydroxyl groups excluding tert-OH is 1. The molecule has 1 aromatic heterocycles. The molecule has 1 unspecified atom stereocenters. The maximum absolute atomic E-state index is 12.8. The van der Waals surface area contributed by atoms with Gasteiger partial charge in [-0.15, -0.1) is 0 Å². The van der Waals surface area contributed by atoms with Gasteiger partial charge >= 0.3 is 0 Å². The highest BCUT2D eigenvalue weighted by molar-refractivity contribution is 6.05. The SMILES string of the molecule is CN(C)c1ccc(-c2cncc(C(=O)Nc3cccc4c3OCCC4O)c2)cc1. The van der Waals surface area contributed by atoms with Crippen molar-refractivity contribution in [2.75, 3.05) is 30.9 Å².